The molecule has 1 saturated heterocycles. The van der Waals surface area contributed by atoms with E-state index in [4.69, 9.17) is 27.4 Å². The van der Waals surface area contributed by atoms with E-state index >= 15 is 0 Å². The van der Waals surface area contributed by atoms with Crippen LogP contribution in [0.2, 0.25) is 0 Å². The molecule has 2 rings (SSSR count). The van der Waals surface area contributed by atoms with E-state index in [1.807, 2.05) is 13.8 Å². The van der Waals surface area contributed by atoms with Crippen molar-refractivity contribution in [1.82, 2.24) is 10.2 Å². The Labute approximate surface area is 128 Å². The predicted octanol–water partition coefficient (Wildman–Crippen LogP) is 0.106. The van der Waals surface area contributed by atoms with Crippen LogP contribution in [0.3, 0.4) is 0 Å². The van der Waals surface area contributed by atoms with Gasteiger partial charge in [0.1, 0.15) is 4.99 Å². The van der Waals surface area contributed by atoms with E-state index in [0.717, 1.165) is 11.3 Å². The van der Waals surface area contributed by atoms with E-state index in [-0.39, 0.29) is 17.6 Å². The second kappa shape index (κ2) is 6.31. The number of ether oxygens (including phenoxy) is 2. The first kappa shape index (κ1) is 15.6. The number of carbonyl (C=O) groups is 1. The van der Waals surface area contributed by atoms with Gasteiger partial charge in [0, 0.05) is 6.54 Å². The maximum atomic E-state index is 11.9. The molecule has 0 spiro atoms. The lowest BCUT2D eigenvalue weighted by molar-refractivity contribution is -0.144. The lowest BCUT2D eigenvalue weighted by Crippen LogP contribution is -2.51. The van der Waals surface area contributed by atoms with E-state index in [2.05, 4.69) is 10.2 Å². The Hall–Kier alpha value is -1.80. The Balaban J connectivity index is 2.50. The molecule has 0 amide bonds. The number of aromatic nitrogens is 2. The van der Waals surface area contributed by atoms with Crippen molar-refractivity contribution in [3.63, 3.8) is 0 Å². The molecule has 2 heterocycles. The highest BCUT2D eigenvalue weighted by atomic mass is 32.1. The fraction of sp³-hybridized carbons (Fsp3) is 0.538. The molecule has 0 saturated carbocycles. The molecule has 2 N–H and O–H groups in total. The Morgan fingerprint density at radius 2 is 2.19 bits per heavy atom. The monoisotopic (exact) mass is 310 g/mol. The van der Waals surface area contributed by atoms with Crippen LogP contribution in [0.4, 0.5) is 5.82 Å². The molecule has 1 aromatic heterocycles. The van der Waals surface area contributed by atoms with Gasteiger partial charge in [-0.05, 0) is 19.4 Å². The molecule has 0 aromatic carbocycles. The zero-order valence-electron chi connectivity index (χ0n) is 12.3. The molecule has 8 heteroatoms. The third-order valence-corrected chi connectivity index (χ3v) is 3.76. The van der Waals surface area contributed by atoms with Crippen molar-refractivity contribution in [2.45, 2.75) is 19.9 Å². The average molecular weight is 310 g/mol. The molecule has 0 radical (unpaired) electrons. The molecule has 0 aliphatic carbocycles. The quantitative estimate of drug-likeness (QED) is 0.621. The standard InChI is InChI=1S/C13H18N4O3S/c1-7-8(2)15-16-12(10(7)11(14)21)17-4-5-20-6-9(17)13(18)19-3/h9H,4-6H2,1-3H3,(H2,14,21). The van der Waals surface area contributed by atoms with Crippen molar-refractivity contribution < 1.29 is 14.3 Å². The maximum absolute atomic E-state index is 11.9. The summed E-state index contributed by atoms with van der Waals surface area (Å²) in [5, 5.41) is 8.31. The van der Waals surface area contributed by atoms with Gasteiger partial charge in [-0.15, -0.1) is 5.10 Å². The van der Waals surface area contributed by atoms with E-state index in [0.29, 0.717) is 24.5 Å². The molecule has 114 valence electrons. The van der Waals surface area contributed by atoms with Crippen LogP contribution >= 0.6 is 12.2 Å². The fourth-order valence-electron chi connectivity index (χ4n) is 2.28. The molecular weight excluding hydrogens is 292 g/mol. The topological polar surface area (TPSA) is 90.6 Å². The van der Waals surface area contributed by atoms with E-state index in [1.54, 1.807) is 4.90 Å². The summed E-state index contributed by atoms with van der Waals surface area (Å²) in [5.74, 6) is 0.118. The predicted molar refractivity (Wildman–Crippen MR) is 81.4 cm³/mol. The average Bonchev–Trinajstić information content (AvgIpc) is 2.48. The highest BCUT2D eigenvalue weighted by molar-refractivity contribution is 7.80. The van der Waals surface area contributed by atoms with Crippen molar-refractivity contribution in [3.8, 4) is 0 Å². The number of thiocarbonyl (C=S) groups is 1. The largest absolute Gasteiger partial charge is 0.467 e. The lowest BCUT2D eigenvalue weighted by atomic mass is 10.1. The highest BCUT2D eigenvalue weighted by Gasteiger charge is 2.33. The fourth-order valence-corrected chi connectivity index (χ4v) is 2.52. The number of rotatable bonds is 3. The van der Waals surface area contributed by atoms with Crippen LogP contribution in [0.25, 0.3) is 0 Å². The van der Waals surface area contributed by atoms with Gasteiger partial charge in [-0.2, -0.15) is 5.10 Å². The van der Waals surface area contributed by atoms with Crippen LogP contribution in [0.15, 0.2) is 0 Å². The number of aryl methyl sites for hydroxylation is 1. The van der Waals surface area contributed by atoms with Crippen LogP contribution in [-0.4, -0.2) is 54.1 Å². The maximum Gasteiger partial charge on any atom is 0.330 e. The summed E-state index contributed by atoms with van der Waals surface area (Å²) in [7, 11) is 1.34. The third kappa shape index (κ3) is 2.96. The van der Waals surface area contributed by atoms with Gasteiger partial charge in [-0.1, -0.05) is 12.2 Å². The van der Waals surface area contributed by atoms with Gasteiger partial charge in [-0.25, -0.2) is 4.79 Å². The summed E-state index contributed by atoms with van der Waals surface area (Å²) in [4.78, 5) is 14.0. The summed E-state index contributed by atoms with van der Waals surface area (Å²) in [6.45, 7) is 4.93. The molecule has 1 aromatic rings. The van der Waals surface area contributed by atoms with Crippen LogP contribution in [0.1, 0.15) is 16.8 Å². The molecule has 21 heavy (non-hydrogen) atoms. The Kier molecular flexibility index (Phi) is 4.69. The van der Waals surface area contributed by atoms with Crippen molar-refractivity contribution >= 4 is 29.0 Å². The molecule has 1 fully saturated rings. The van der Waals surface area contributed by atoms with Gasteiger partial charge in [-0.3, -0.25) is 0 Å². The number of anilines is 1. The Morgan fingerprint density at radius 1 is 1.48 bits per heavy atom. The molecule has 1 aliphatic rings. The minimum atomic E-state index is -0.576. The van der Waals surface area contributed by atoms with Crippen LogP contribution in [0.5, 0.6) is 0 Å². The Bertz CT molecular complexity index is 579. The summed E-state index contributed by atoms with van der Waals surface area (Å²) in [6, 6.07) is -0.576. The van der Waals surface area contributed by atoms with Gasteiger partial charge in [0.15, 0.2) is 11.9 Å². The highest BCUT2D eigenvalue weighted by Crippen LogP contribution is 2.25. The van der Waals surface area contributed by atoms with Crippen LogP contribution < -0.4 is 10.6 Å². The summed E-state index contributed by atoms with van der Waals surface area (Å²) in [5.41, 5.74) is 8.10. The normalized spacial score (nSPS) is 18.4. The first-order chi connectivity index (χ1) is 9.97. The second-order valence-corrected chi connectivity index (χ2v) is 5.22. The van der Waals surface area contributed by atoms with Gasteiger partial charge in [0.25, 0.3) is 0 Å². The molecular formula is C13H18N4O3S. The number of hydrogen-bond acceptors (Lipinski definition) is 7. The van der Waals surface area contributed by atoms with Crippen molar-refractivity contribution in [2.24, 2.45) is 5.73 Å². The molecule has 7 nitrogen and oxygen atoms in total. The van der Waals surface area contributed by atoms with Crippen molar-refractivity contribution in [1.29, 1.82) is 0 Å². The molecule has 1 unspecified atom stereocenters. The van der Waals surface area contributed by atoms with Crippen molar-refractivity contribution in [3.05, 3.63) is 16.8 Å². The van der Waals surface area contributed by atoms with Crippen LogP contribution in [-0.2, 0) is 14.3 Å². The number of esters is 1. The lowest BCUT2D eigenvalue weighted by Gasteiger charge is -2.35. The smallest absolute Gasteiger partial charge is 0.330 e. The Morgan fingerprint density at radius 3 is 2.81 bits per heavy atom. The number of methoxy groups -OCH3 is 1. The molecule has 1 atom stereocenters. The van der Waals surface area contributed by atoms with E-state index in [1.165, 1.54) is 7.11 Å². The van der Waals surface area contributed by atoms with E-state index < -0.39 is 6.04 Å². The van der Waals surface area contributed by atoms with Gasteiger partial charge in [0.05, 0.1) is 31.6 Å². The zero-order chi connectivity index (χ0) is 15.6. The van der Waals surface area contributed by atoms with Gasteiger partial charge < -0.3 is 20.1 Å². The van der Waals surface area contributed by atoms with Gasteiger partial charge >= 0.3 is 5.97 Å². The number of nitrogens with zero attached hydrogens (tertiary/aromatic N) is 3. The third-order valence-electron chi connectivity index (χ3n) is 3.56. The number of nitrogens with two attached hydrogens (primary N) is 1. The second-order valence-electron chi connectivity index (χ2n) is 4.78. The zero-order valence-corrected chi connectivity index (χ0v) is 13.1. The first-order valence-electron chi connectivity index (χ1n) is 6.53. The SMILES string of the molecule is COC(=O)C1COCCN1c1nnc(C)c(C)c1C(N)=S. The van der Waals surface area contributed by atoms with E-state index in [9.17, 15) is 4.79 Å². The minimum absolute atomic E-state index is 0.232. The number of carbonyl (C=O) groups excluding carboxylic acids is 1. The summed E-state index contributed by atoms with van der Waals surface area (Å²) in [6.07, 6.45) is 0. The molecule has 1 aliphatic heterocycles. The van der Waals surface area contributed by atoms with Crippen LogP contribution in [0, 0.1) is 13.8 Å². The van der Waals surface area contributed by atoms with Gasteiger partial charge in [0.2, 0.25) is 0 Å². The summed E-state index contributed by atoms with van der Waals surface area (Å²) < 4.78 is 10.2. The number of hydrogen-bond donors (Lipinski definition) is 1. The first-order valence-corrected chi connectivity index (χ1v) is 6.94. The van der Waals surface area contributed by atoms with Crippen molar-refractivity contribution in [2.75, 3.05) is 31.8 Å². The molecule has 0 bridgehead atoms. The number of morpholine rings is 1. The summed E-state index contributed by atoms with van der Waals surface area (Å²) >= 11 is 5.13. The minimum Gasteiger partial charge on any atom is -0.467 e.